The van der Waals surface area contributed by atoms with E-state index in [-0.39, 0.29) is 11.8 Å². The molecule has 152 valence electrons. The van der Waals surface area contributed by atoms with Crippen molar-refractivity contribution in [2.75, 3.05) is 11.9 Å². The second kappa shape index (κ2) is 8.95. The first-order chi connectivity index (χ1) is 13.9. The van der Waals surface area contributed by atoms with Gasteiger partial charge in [0.05, 0.1) is 0 Å². The molecule has 0 bridgehead atoms. The van der Waals surface area contributed by atoms with Crippen LogP contribution in [0.25, 0.3) is 10.9 Å². The van der Waals surface area contributed by atoms with Gasteiger partial charge in [-0.05, 0) is 55.7 Å². The van der Waals surface area contributed by atoms with Crippen LogP contribution in [0.4, 0.5) is 5.69 Å². The summed E-state index contributed by atoms with van der Waals surface area (Å²) in [6.45, 7) is 9.65. The normalized spacial score (nSPS) is 11.1. The zero-order valence-corrected chi connectivity index (χ0v) is 17.6. The van der Waals surface area contributed by atoms with Crippen LogP contribution >= 0.6 is 0 Å². The van der Waals surface area contributed by atoms with Gasteiger partial charge in [0.2, 0.25) is 0 Å². The zero-order chi connectivity index (χ0) is 21.0. The molecular formula is C24H29N3O2. The van der Waals surface area contributed by atoms with Crippen molar-refractivity contribution in [3.63, 3.8) is 0 Å². The number of benzene rings is 2. The van der Waals surface area contributed by atoms with Crippen molar-refractivity contribution in [2.24, 2.45) is 5.92 Å². The number of aromatic nitrogens is 1. The number of aryl methyl sites for hydroxylation is 2. The van der Waals surface area contributed by atoms with E-state index in [0.29, 0.717) is 29.4 Å². The molecule has 0 unspecified atom stereocenters. The topological polar surface area (TPSA) is 63.1 Å². The Labute approximate surface area is 172 Å². The maximum Gasteiger partial charge on any atom is 0.267 e. The Kier molecular flexibility index (Phi) is 6.37. The summed E-state index contributed by atoms with van der Waals surface area (Å²) in [5.41, 5.74) is 4.10. The first-order valence-corrected chi connectivity index (χ1v) is 10.2. The number of nitrogens with one attached hydrogen (secondary N) is 2. The van der Waals surface area contributed by atoms with Gasteiger partial charge >= 0.3 is 0 Å². The average molecular weight is 392 g/mol. The highest BCUT2D eigenvalue weighted by atomic mass is 16.2. The molecule has 1 aromatic heterocycles. The van der Waals surface area contributed by atoms with Crippen LogP contribution in [-0.4, -0.2) is 22.9 Å². The fourth-order valence-corrected chi connectivity index (χ4v) is 3.30. The van der Waals surface area contributed by atoms with Crippen LogP contribution in [0.1, 0.15) is 53.6 Å². The molecule has 0 aliphatic heterocycles. The number of hydrogen-bond acceptors (Lipinski definition) is 2. The smallest absolute Gasteiger partial charge is 0.267 e. The lowest BCUT2D eigenvalue weighted by atomic mass is 10.1. The number of hydrogen-bond donors (Lipinski definition) is 2. The molecule has 0 fully saturated rings. The molecular weight excluding hydrogens is 362 g/mol. The summed E-state index contributed by atoms with van der Waals surface area (Å²) in [7, 11) is 0. The van der Waals surface area contributed by atoms with Gasteiger partial charge in [-0.1, -0.05) is 38.5 Å². The van der Waals surface area contributed by atoms with Crippen molar-refractivity contribution in [2.45, 2.75) is 40.7 Å². The summed E-state index contributed by atoms with van der Waals surface area (Å²) in [5, 5.41) is 6.89. The van der Waals surface area contributed by atoms with Gasteiger partial charge in [0.25, 0.3) is 11.8 Å². The average Bonchev–Trinajstić information content (AvgIpc) is 3.04. The standard InChI is InChI=1S/C24H29N3O2/c1-5-12-27-21-11-10-20(26-23(28)18-8-6-17(4)7-9-18)13-19(21)14-22(27)24(29)25-15-16(2)3/h6-11,13-14,16H,5,12,15H2,1-4H3,(H,25,29)(H,26,28). The second-order valence-electron chi connectivity index (χ2n) is 7.88. The van der Waals surface area contributed by atoms with E-state index < -0.39 is 0 Å². The van der Waals surface area contributed by atoms with E-state index in [1.54, 1.807) is 0 Å². The molecule has 0 spiro atoms. The molecule has 3 aromatic rings. The van der Waals surface area contributed by atoms with Crippen molar-refractivity contribution in [1.82, 2.24) is 9.88 Å². The first kappa shape index (κ1) is 20.6. The van der Waals surface area contributed by atoms with Crippen LogP contribution in [0.3, 0.4) is 0 Å². The fourth-order valence-electron chi connectivity index (χ4n) is 3.30. The Balaban J connectivity index is 1.87. The Morgan fingerprint density at radius 1 is 1.00 bits per heavy atom. The van der Waals surface area contributed by atoms with E-state index in [1.807, 2.05) is 55.5 Å². The third-order valence-corrected chi connectivity index (χ3v) is 4.82. The van der Waals surface area contributed by atoms with Gasteiger partial charge in [-0.3, -0.25) is 9.59 Å². The molecule has 2 N–H and O–H groups in total. The molecule has 5 heteroatoms. The minimum Gasteiger partial charge on any atom is -0.351 e. The van der Waals surface area contributed by atoms with Crippen LogP contribution in [0, 0.1) is 12.8 Å². The van der Waals surface area contributed by atoms with Crippen LogP contribution in [-0.2, 0) is 6.54 Å². The minimum absolute atomic E-state index is 0.0615. The summed E-state index contributed by atoms with van der Waals surface area (Å²) < 4.78 is 2.05. The lowest BCUT2D eigenvalue weighted by molar-refractivity contribution is 0.0939. The third-order valence-electron chi connectivity index (χ3n) is 4.82. The lowest BCUT2D eigenvalue weighted by Gasteiger charge is -2.11. The zero-order valence-electron chi connectivity index (χ0n) is 17.6. The minimum atomic E-state index is -0.146. The molecule has 2 amide bonds. The van der Waals surface area contributed by atoms with E-state index in [2.05, 4.69) is 36.0 Å². The number of rotatable bonds is 7. The molecule has 2 aromatic carbocycles. The van der Waals surface area contributed by atoms with Gasteiger partial charge in [0.15, 0.2) is 0 Å². The number of amides is 2. The molecule has 29 heavy (non-hydrogen) atoms. The molecule has 0 aliphatic carbocycles. The summed E-state index contributed by atoms with van der Waals surface area (Å²) in [6, 6.07) is 15.2. The number of anilines is 1. The maximum atomic E-state index is 12.7. The van der Waals surface area contributed by atoms with E-state index in [9.17, 15) is 9.59 Å². The molecule has 1 heterocycles. The second-order valence-corrected chi connectivity index (χ2v) is 7.88. The predicted molar refractivity (Wildman–Crippen MR) is 119 cm³/mol. The van der Waals surface area contributed by atoms with Crippen molar-refractivity contribution < 1.29 is 9.59 Å². The summed E-state index contributed by atoms with van der Waals surface area (Å²) in [6.07, 6.45) is 0.931. The molecule has 0 radical (unpaired) electrons. The SMILES string of the molecule is CCCn1c(C(=O)NCC(C)C)cc2cc(NC(=O)c3ccc(C)cc3)ccc21. The van der Waals surface area contributed by atoms with Gasteiger partial charge in [0, 0.05) is 35.2 Å². The third kappa shape index (κ3) is 4.86. The van der Waals surface area contributed by atoms with Gasteiger partial charge in [-0.2, -0.15) is 0 Å². The molecule has 0 saturated heterocycles. The Morgan fingerprint density at radius 3 is 2.38 bits per heavy atom. The molecule has 3 rings (SSSR count). The number of fused-ring (bicyclic) bond motifs is 1. The van der Waals surface area contributed by atoms with E-state index in [4.69, 9.17) is 0 Å². The fraction of sp³-hybridized carbons (Fsp3) is 0.333. The monoisotopic (exact) mass is 391 g/mol. The quantitative estimate of drug-likeness (QED) is 0.595. The number of carbonyl (C=O) groups excluding carboxylic acids is 2. The largest absolute Gasteiger partial charge is 0.351 e. The van der Waals surface area contributed by atoms with Crippen molar-refractivity contribution in [3.8, 4) is 0 Å². The van der Waals surface area contributed by atoms with E-state index in [1.165, 1.54) is 0 Å². The highest BCUT2D eigenvalue weighted by Crippen LogP contribution is 2.25. The van der Waals surface area contributed by atoms with E-state index in [0.717, 1.165) is 29.4 Å². The van der Waals surface area contributed by atoms with Crippen molar-refractivity contribution in [1.29, 1.82) is 0 Å². The highest BCUT2D eigenvalue weighted by molar-refractivity contribution is 6.06. The van der Waals surface area contributed by atoms with Crippen molar-refractivity contribution in [3.05, 3.63) is 65.4 Å². The molecule has 0 saturated carbocycles. The Bertz CT molecular complexity index is 1020. The summed E-state index contributed by atoms with van der Waals surface area (Å²) in [5.74, 6) is 0.187. The number of nitrogens with zero attached hydrogens (tertiary/aromatic N) is 1. The summed E-state index contributed by atoms with van der Waals surface area (Å²) >= 11 is 0. The lowest BCUT2D eigenvalue weighted by Crippen LogP contribution is -2.29. The van der Waals surface area contributed by atoms with Crippen LogP contribution in [0.15, 0.2) is 48.5 Å². The van der Waals surface area contributed by atoms with E-state index >= 15 is 0 Å². The molecule has 0 atom stereocenters. The summed E-state index contributed by atoms with van der Waals surface area (Å²) in [4.78, 5) is 25.2. The Hall–Kier alpha value is -3.08. The highest BCUT2D eigenvalue weighted by Gasteiger charge is 2.16. The van der Waals surface area contributed by atoms with Crippen LogP contribution in [0.5, 0.6) is 0 Å². The van der Waals surface area contributed by atoms with Crippen LogP contribution < -0.4 is 10.6 Å². The first-order valence-electron chi connectivity index (χ1n) is 10.2. The van der Waals surface area contributed by atoms with Gasteiger partial charge < -0.3 is 15.2 Å². The maximum absolute atomic E-state index is 12.7. The van der Waals surface area contributed by atoms with Crippen molar-refractivity contribution >= 4 is 28.4 Å². The predicted octanol–water partition coefficient (Wildman–Crippen LogP) is 5.00. The van der Waals surface area contributed by atoms with Gasteiger partial charge in [0.1, 0.15) is 5.69 Å². The van der Waals surface area contributed by atoms with Gasteiger partial charge in [-0.15, -0.1) is 0 Å². The number of carbonyl (C=O) groups is 2. The Morgan fingerprint density at radius 2 is 1.72 bits per heavy atom. The molecule has 5 nitrogen and oxygen atoms in total. The molecule has 0 aliphatic rings. The van der Waals surface area contributed by atoms with Crippen LogP contribution in [0.2, 0.25) is 0 Å². The van der Waals surface area contributed by atoms with Gasteiger partial charge in [-0.25, -0.2) is 0 Å².